The molecule has 3 aliphatic rings. The van der Waals surface area contributed by atoms with E-state index in [1.807, 2.05) is 26.0 Å². The van der Waals surface area contributed by atoms with Gasteiger partial charge in [-0.05, 0) is 79.4 Å². The molecule has 0 heterocycles. The quantitative estimate of drug-likeness (QED) is 0.458. The van der Waals surface area contributed by atoms with Crippen LogP contribution in [0.5, 0.6) is 0 Å². The van der Waals surface area contributed by atoms with Gasteiger partial charge in [0.25, 0.3) is 0 Å². The van der Waals surface area contributed by atoms with Crippen molar-refractivity contribution in [3.8, 4) is 6.07 Å². The first kappa shape index (κ1) is 27.2. The normalized spacial score (nSPS) is 39.4. The largest absolute Gasteiger partial charge is 0.396 e. The highest BCUT2D eigenvalue weighted by Crippen LogP contribution is 2.65. The number of aliphatic hydroxyl groups is 2. The summed E-state index contributed by atoms with van der Waals surface area (Å²) in [7, 11) is 0. The minimum Gasteiger partial charge on any atom is -0.396 e. The molecule has 0 aromatic carbocycles. The Balaban J connectivity index is 1.93. The maximum atomic E-state index is 13.1. The number of rotatable bonds is 5. The summed E-state index contributed by atoms with van der Waals surface area (Å²) in [5.41, 5.74) is 0.657. The number of carbonyl (C=O) groups is 1. The van der Waals surface area contributed by atoms with Crippen molar-refractivity contribution in [1.82, 2.24) is 0 Å². The third-order valence-corrected chi connectivity index (χ3v) is 10.1. The predicted octanol–water partition coefficient (Wildman–Crippen LogP) is 6.38. The van der Waals surface area contributed by atoms with Crippen molar-refractivity contribution in [2.45, 2.75) is 99.8 Å². The van der Waals surface area contributed by atoms with Crippen LogP contribution in [0.1, 0.15) is 99.8 Å². The average Bonchev–Trinajstić information content (AvgIpc) is 2.77. The van der Waals surface area contributed by atoms with Gasteiger partial charge in [0.15, 0.2) is 5.78 Å². The number of aliphatic hydroxyl groups excluding tert-OH is 2. The van der Waals surface area contributed by atoms with Gasteiger partial charge >= 0.3 is 0 Å². The first-order chi connectivity index (χ1) is 15.7. The van der Waals surface area contributed by atoms with Crippen molar-refractivity contribution in [1.29, 1.82) is 5.26 Å². The highest BCUT2D eigenvalue weighted by atomic mass is 16.3. The van der Waals surface area contributed by atoms with Crippen LogP contribution in [0.25, 0.3) is 0 Å². The number of allylic oxidation sites excluding steroid dienone is 3. The summed E-state index contributed by atoms with van der Waals surface area (Å²) in [6.07, 6.45) is 12.2. The Morgan fingerprint density at radius 3 is 2.21 bits per heavy atom. The second kappa shape index (κ2) is 9.21. The van der Waals surface area contributed by atoms with Crippen LogP contribution in [0.15, 0.2) is 23.3 Å². The van der Waals surface area contributed by atoms with Crippen molar-refractivity contribution in [2.24, 2.45) is 38.9 Å². The third kappa shape index (κ3) is 4.56. The zero-order valence-corrected chi connectivity index (χ0v) is 22.6. The van der Waals surface area contributed by atoms with Crippen molar-refractivity contribution in [3.63, 3.8) is 0 Å². The number of nitriles is 1. The van der Waals surface area contributed by atoms with Gasteiger partial charge < -0.3 is 10.2 Å². The summed E-state index contributed by atoms with van der Waals surface area (Å²) in [6, 6.07) is 2.18. The van der Waals surface area contributed by atoms with Crippen LogP contribution >= 0.6 is 0 Å². The highest BCUT2D eigenvalue weighted by Gasteiger charge is 2.59. The topological polar surface area (TPSA) is 81.3 Å². The molecule has 0 aromatic rings. The van der Waals surface area contributed by atoms with E-state index in [9.17, 15) is 20.3 Å². The molecule has 3 unspecified atom stereocenters. The molecule has 0 aliphatic heterocycles. The van der Waals surface area contributed by atoms with E-state index in [-0.39, 0.29) is 46.7 Å². The van der Waals surface area contributed by atoms with E-state index < -0.39 is 10.8 Å². The lowest BCUT2D eigenvalue weighted by Crippen LogP contribution is -2.54. The number of carbonyl (C=O) groups excluding carboxylic acids is 1. The Labute approximate surface area is 207 Å². The maximum absolute atomic E-state index is 13.1. The zero-order valence-electron chi connectivity index (χ0n) is 22.6. The first-order valence-electron chi connectivity index (χ1n) is 13.3. The lowest BCUT2D eigenvalue weighted by molar-refractivity contribution is -0.131. The number of ketones is 1. The SMILES string of the molecule is CC(C)(C)CCC1(CO)CCC(C2(C)CCC3C(C)(C)C(=O)C(C#N)=CC3(C)/C2=C/CO)CC1. The van der Waals surface area contributed by atoms with Crippen LogP contribution in [0.3, 0.4) is 0 Å². The lowest BCUT2D eigenvalue weighted by Gasteiger charge is -2.60. The fourth-order valence-corrected chi connectivity index (χ4v) is 7.89. The monoisotopic (exact) mass is 469 g/mol. The van der Waals surface area contributed by atoms with Gasteiger partial charge in [0.05, 0.1) is 12.2 Å². The van der Waals surface area contributed by atoms with E-state index in [2.05, 4.69) is 40.7 Å². The summed E-state index contributed by atoms with van der Waals surface area (Å²) < 4.78 is 0. The number of Topliss-reactive ketones (excluding diaryl/α,β-unsaturated/α-hetero) is 1. The smallest absolute Gasteiger partial charge is 0.178 e. The predicted molar refractivity (Wildman–Crippen MR) is 137 cm³/mol. The van der Waals surface area contributed by atoms with Crippen LogP contribution in [0.2, 0.25) is 0 Å². The van der Waals surface area contributed by atoms with E-state index in [4.69, 9.17) is 0 Å². The molecule has 2 N–H and O–H groups in total. The number of nitrogens with zero attached hydrogens (tertiary/aromatic N) is 1. The Kier molecular flexibility index (Phi) is 7.36. The van der Waals surface area contributed by atoms with Gasteiger partial charge in [-0.3, -0.25) is 4.79 Å². The fraction of sp³-hybridized carbons (Fsp3) is 0.800. The Hall–Kier alpha value is -1.44. The van der Waals surface area contributed by atoms with E-state index in [1.165, 1.54) is 5.57 Å². The molecule has 0 aromatic heterocycles. The van der Waals surface area contributed by atoms with E-state index in [0.717, 1.165) is 51.4 Å². The summed E-state index contributed by atoms with van der Waals surface area (Å²) in [5, 5.41) is 30.2. The van der Waals surface area contributed by atoms with Crippen molar-refractivity contribution in [2.75, 3.05) is 13.2 Å². The van der Waals surface area contributed by atoms with Crippen LogP contribution in [-0.2, 0) is 4.79 Å². The summed E-state index contributed by atoms with van der Waals surface area (Å²) in [6.45, 7) is 15.6. The number of hydrogen-bond acceptors (Lipinski definition) is 4. The number of hydrogen-bond donors (Lipinski definition) is 2. The van der Waals surface area contributed by atoms with Crippen LogP contribution in [-0.4, -0.2) is 29.2 Å². The van der Waals surface area contributed by atoms with E-state index in [0.29, 0.717) is 5.92 Å². The van der Waals surface area contributed by atoms with Crippen molar-refractivity contribution in [3.05, 3.63) is 23.3 Å². The molecular weight excluding hydrogens is 422 g/mol. The molecule has 190 valence electrons. The zero-order chi connectivity index (χ0) is 25.6. The fourth-order valence-electron chi connectivity index (χ4n) is 7.89. The minimum absolute atomic E-state index is 0.0230. The van der Waals surface area contributed by atoms with Crippen LogP contribution < -0.4 is 0 Å². The van der Waals surface area contributed by atoms with Gasteiger partial charge in [0.2, 0.25) is 0 Å². The van der Waals surface area contributed by atoms with Crippen molar-refractivity contribution >= 4 is 5.78 Å². The second-order valence-corrected chi connectivity index (χ2v) is 13.8. The van der Waals surface area contributed by atoms with Crippen LogP contribution in [0.4, 0.5) is 0 Å². The summed E-state index contributed by atoms with van der Waals surface area (Å²) in [4.78, 5) is 13.1. The average molecular weight is 470 g/mol. The Morgan fingerprint density at radius 2 is 1.71 bits per heavy atom. The summed E-state index contributed by atoms with van der Waals surface area (Å²) in [5.74, 6) is 0.535. The van der Waals surface area contributed by atoms with Gasteiger partial charge in [-0.15, -0.1) is 0 Å². The molecule has 0 radical (unpaired) electrons. The van der Waals surface area contributed by atoms with Crippen LogP contribution in [0, 0.1) is 50.2 Å². The minimum atomic E-state index is -0.601. The third-order valence-electron chi connectivity index (χ3n) is 10.1. The van der Waals surface area contributed by atoms with Crippen molar-refractivity contribution < 1.29 is 15.0 Å². The molecule has 4 heteroatoms. The molecule has 2 fully saturated rings. The maximum Gasteiger partial charge on any atom is 0.178 e. The Morgan fingerprint density at radius 1 is 1.09 bits per heavy atom. The first-order valence-corrected chi connectivity index (χ1v) is 13.3. The van der Waals surface area contributed by atoms with E-state index in [1.54, 1.807) is 0 Å². The molecule has 0 saturated heterocycles. The molecule has 4 nitrogen and oxygen atoms in total. The molecule has 3 rings (SSSR count). The van der Waals surface area contributed by atoms with E-state index >= 15 is 0 Å². The lowest BCUT2D eigenvalue weighted by atomic mass is 9.43. The molecule has 34 heavy (non-hydrogen) atoms. The molecule has 0 spiro atoms. The number of fused-ring (bicyclic) bond motifs is 1. The summed E-state index contributed by atoms with van der Waals surface area (Å²) >= 11 is 0. The molecule has 3 aliphatic carbocycles. The standard InChI is InChI=1S/C30H47NO3/c1-26(2,3)15-16-30(20-33)13-8-22(9-14-30)28(6)12-10-23-27(4,5)25(34)21(19-31)18-29(23,7)24(28)11-17-32/h11,18,22-23,32-33H,8-10,12-17,20H2,1-7H3/b24-11+. The molecule has 3 atom stereocenters. The highest BCUT2D eigenvalue weighted by molar-refractivity contribution is 6.04. The van der Waals surface area contributed by atoms with Gasteiger partial charge in [-0.2, -0.15) is 5.26 Å². The molecule has 2 saturated carbocycles. The molecule has 0 bridgehead atoms. The molecular formula is C30H47NO3. The van der Waals surface area contributed by atoms with Gasteiger partial charge in [-0.1, -0.05) is 66.2 Å². The van der Waals surface area contributed by atoms with Gasteiger partial charge in [0, 0.05) is 17.4 Å². The van der Waals surface area contributed by atoms with Gasteiger partial charge in [-0.25, -0.2) is 0 Å². The van der Waals surface area contributed by atoms with Gasteiger partial charge in [0.1, 0.15) is 6.07 Å². The Bertz CT molecular complexity index is 891. The molecule has 0 amide bonds. The second-order valence-electron chi connectivity index (χ2n) is 13.8.